The molecule has 0 unspecified atom stereocenters. The number of benzene rings is 1. The van der Waals surface area contributed by atoms with Gasteiger partial charge >= 0.3 is 0 Å². The first-order valence-corrected chi connectivity index (χ1v) is 6.68. The maximum absolute atomic E-state index is 9.62. The van der Waals surface area contributed by atoms with Crippen molar-refractivity contribution in [3.63, 3.8) is 0 Å². The van der Waals surface area contributed by atoms with Crippen LogP contribution in [0.3, 0.4) is 0 Å². The van der Waals surface area contributed by atoms with Crippen LogP contribution in [0.15, 0.2) is 18.2 Å². The summed E-state index contributed by atoms with van der Waals surface area (Å²) in [5.41, 5.74) is 1.01. The number of nitrogens with zero attached hydrogens (tertiary/aromatic N) is 1. The molecular formula is C14H24Cl2N2O2. The predicted octanol–water partition coefficient (Wildman–Crippen LogP) is 2.69. The lowest BCUT2D eigenvalue weighted by molar-refractivity contribution is 0.164. The summed E-state index contributed by atoms with van der Waals surface area (Å²) >= 11 is 0. The van der Waals surface area contributed by atoms with Gasteiger partial charge in [0.2, 0.25) is 0 Å². The number of piperazine rings is 1. The number of phenolic OH excluding ortho intramolecular Hbond substituents is 2. The van der Waals surface area contributed by atoms with Gasteiger partial charge in [-0.3, -0.25) is 4.90 Å². The highest BCUT2D eigenvalue weighted by Crippen LogP contribution is 2.31. The Morgan fingerprint density at radius 1 is 1.10 bits per heavy atom. The molecule has 0 spiro atoms. The van der Waals surface area contributed by atoms with Crippen molar-refractivity contribution in [1.29, 1.82) is 0 Å². The number of aromatic hydroxyl groups is 2. The van der Waals surface area contributed by atoms with E-state index in [9.17, 15) is 10.2 Å². The van der Waals surface area contributed by atoms with E-state index in [2.05, 4.69) is 17.1 Å². The molecule has 0 saturated carbocycles. The van der Waals surface area contributed by atoms with Crippen LogP contribution in [0.2, 0.25) is 0 Å². The van der Waals surface area contributed by atoms with Crippen LogP contribution < -0.4 is 5.32 Å². The number of hydrogen-bond donors (Lipinski definition) is 3. The van der Waals surface area contributed by atoms with Crippen molar-refractivity contribution in [2.45, 2.75) is 25.8 Å². The Balaban J connectivity index is 0.00000180. The SMILES string of the molecule is CCC[C@@H](c1cc(O)cc(O)c1)N1CCNCC1.Cl.Cl. The Morgan fingerprint density at radius 3 is 2.15 bits per heavy atom. The third-order valence-electron chi connectivity index (χ3n) is 3.46. The molecule has 20 heavy (non-hydrogen) atoms. The van der Waals surface area contributed by atoms with Gasteiger partial charge < -0.3 is 15.5 Å². The fraction of sp³-hybridized carbons (Fsp3) is 0.571. The molecule has 0 radical (unpaired) electrons. The van der Waals surface area contributed by atoms with Crippen molar-refractivity contribution in [2.75, 3.05) is 26.2 Å². The maximum atomic E-state index is 9.62. The summed E-state index contributed by atoms with van der Waals surface area (Å²) < 4.78 is 0. The van der Waals surface area contributed by atoms with Gasteiger partial charge in [0.05, 0.1) is 0 Å². The van der Waals surface area contributed by atoms with Crippen LogP contribution in [-0.2, 0) is 0 Å². The number of rotatable bonds is 4. The van der Waals surface area contributed by atoms with E-state index in [4.69, 9.17) is 0 Å². The smallest absolute Gasteiger partial charge is 0.119 e. The van der Waals surface area contributed by atoms with Gasteiger partial charge in [-0.1, -0.05) is 13.3 Å². The first kappa shape index (κ1) is 19.3. The number of nitrogens with one attached hydrogen (secondary N) is 1. The summed E-state index contributed by atoms with van der Waals surface area (Å²) in [5.74, 6) is 0.280. The molecule has 6 heteroatoms. The van der Waals surface area contributed by atoms with Crippen molar-refractivity contribution >= 4 is 24.8 Å². The molecule has 1 heterocycles. The van der Waals surface area contributed by atoms with E-state index >= 15 is 0 Å². The van der Waals surface area contributed by atoms with Crippen molar-refractivity contribution in [3.8, 4) is 11.5 Å². The van der Waals surface area contributed by atoms with Crippen LogP contribution in [0.1, 0.15) is 31.4 Å². The molecule has 1 atom stereocenters. The van der Waals surface area contributed by atoms with Gasteiger partial charge in [-0.05, 0) is 24.1 Å². The predicted molar refractivity (Wildman–Crippen MR) is 86.4 cm³/mol. The maximum Gasteiger partial charge on any atom is 0.119 e. The number of halogens is 2. The van der Waals surface area contributed by atoms with Gasteiger partial charge in [0.1, 0.15) is 11.5 Å². The van der Waals surface area contributed by atoms with Gasteiger partial charge in [0, 0.05) is 38.3 Å². The second kappa shape index (κ2) is 9.29. The van der Waals surface area contributed by atoms with Crippen LogP contribution >= 0.6 is 24.8 Å². The van der Waals surface area contributed by atoms with Gasteiger partial charge in [-0.2, -0.15) is 0 Å². The van der Waals surface area contributed by atoms with Crippen LogP contribution in [0.25, 0.3) is 0 Å². The van der Waals surface area contributed by atoms with Gasteiger partial charge in [-0.25, -0.2) is 0 Å². The highest BCUT2D eigenvalue weighted by molar-refractivity contribution is 5.85. The van der Waals surface area contributed by atoms with E-state index < -0.39 is 0 Å². The normalized spacial score (nSPS) is 16.9. The Morgan fingerprint density at radius 2 is 1.65 bits per heavy atom. The summed E-state index contributed by atoms with van der Waals surface area (Å²) in [7, 11) is 0. The Kier molecular flexibility index (Phi) is 8.98. The van der Waals surface area contributed by atoms with E-state index in [-0.39, 0.29) is 42.4 Å². The number of phenols is 2. The molecule has 4 nitrogen and oxygen atoms in total. The molecule has 1 aromatic rings. The molecule has 1 saturated heterocycles. The molecule has 2 rings (SSSR count). The summed E-state index contributed by atoms with van der Waals surface area (Å²) in [6, 6.07) is 5.20. The lowest BCUT2D eigenvalue weighted by Crippen LogP contribution is -2.45. The minimum atomic E-state index is 0. The standard InChI is InChI=1S/C14H22N2O2.2ClH/c1-2-3-14(16-6-4-15-5-7-16)11-8-12(17)10-13(18)9-11;;/h8-10,14-15,17-18H,2-7H2,1H3;2*1H/t14-;;/m0../s1. The fourth-order valence-corrected chi connectivity index (χ4v) is 2.64. The van der Waals surface area contributed by atoms with Crippen LogP contribution in [0.4, 0.5) is 0 Å². The van der Waals surface area contributed by atoms with Gasteiger partial charge in [0.15, 0.2) is 0 Å². The monoisotopic (exact) mass is 322 g/mol. The molecule has 0 amide bonds. The minimum absolute atomic E-state index is 0. The van der Waals surface area contributed by atoms with E-state index in [1.54, 1.807) is 12.1 Å². The largest absolute Gasteiger partial charge is 0.508 e. The lowest BCUT2D eigenvalue weighted by atomic mass is 9.99. The molecule has 116 valence electrons. The molecule has 1 aromatic carbocycles. The summed E-state index contributed by atoms with van der Waals surface area (Å²) in [5, 5.41) is 22.6. The zero-order chi connectivity index (χ0) is 13.0. The second-order valence-corrected chi connectivity index (χ2v) is 4.87. The molecule has 1 fully saturated rings. The molecule has 1 aliphatic rings. The first-order chi connectivity index (χ1) is 8.70. The molecular weight excluding hydrogens is 299 g/mol. The van der Waals surface area contributed by atoms with Crippen LogP contribution in [0.5, 0.6) is 11.5 Å². The lowest BCUT2D eigenvalue weighted by Gasteiger charge is -2.35. The Bertz CT molecular complexity index is 379. The van der Waals surface area contributed by atoms with Crippen LogP contribution in [-0.4, -0.2) is 41.3 Å². The Hall–Kier alpha value is -0.680. The fourth-order valence-electron chi connectivity index (χ4n) is 2.64. The zero-order valence-corrected chi connectivity index (χ0v) is 13.3. The summed E-state index contributed by atoms with van der Waals surface area (Å²) in [6.45, 7) is 6.20. The topological polar surface area (TPSA) is 55.7 Å². The second-order valence-electron chi connectivity index (χ2n) is 4.87. The first-order valence-electron chi connectivity index (χ1n) is 6.68. The molecule has 0 aliphatic carbocycles. The molecule has 0 aromatic heterocycles. The van der Waals surface area contributed by atoms with E-state index in [0.29, 0.717) is 0 Å². The highest BCUT2D eigenvalue weighted by Gasteiger charge is 2.22. The van der Waals surface area contributed by atoms with E-state index in [1.165, 1.54) is 6.07 Å². The third-order valence-corrected chi connectivity index (χ3v) is 3.46. The highest BCUT2D eigenvalue weighted by atomic mass is 35.5. The Labute approximate surface area is 133 Å². The summed E-state index contributed by atoms with van der Waals surface area (Å²) in [6.07, 6.45) is 2.13. The molecule has 1 aliphatic heterocycles. The quantitative estimate of drug-likeness (QED) is 0.797. The van der Waals surface area contributed by atoms with E-state index in [1.807, 2.05) is 0 Å². The van der Waals surface area contributed by atoms with Crippen molar-refractivity contribution in [1.82, 2.24) is 10.2 Å². The van der Waals surface area contributed by atoms with Gasteiger partial charge in [0.25, 0.3) is 0 Å². The molecule has 0 bridgehead atoms. The minimum Gasteiger partial charge on any atom is -0.508 e. The number of hydrogen-bond acceptors (Lipinski definition) is 4. The third kappa shape index (κ3) is 5.02. The van der Waals surface area contributed by atoms with Crippen molar-refractivity contribution < 1.29 is 10.2 Å². The average molecular weight is 323 g/mol. The van der Waals surface area contributed by atoms with Crippen molar-refractivity contribution in [3.05, 3.63) is 23.8 Å². The zero-order valence-electron chi connectivity index (χ0n) is 11.7. The van der Waals surface area contributed by atoms with E-state index in [0.717, 1.165) is 44.6 Å². The molecule has 3 N–H and O–H groups in total. The van der Waals surface area contributed by atoms with Crippen LogP contribution in [0, 0.1) is 0 Å². The van der Waals surface area contributed by atoms with Gasteiger partial charge in [-0.15, -0.1) is 24.8 Å². The average Bonchev–Trinajstić information content (AvgIpc) is 2.36. The van der Waals surface area contributed by atoms with Crippen molar-refractivity contribution in [2.24, 2.45) is 0 Å². The summed E-state index contributed by atoms with van der Waals surface area (Å²) in [4.78, 5) is 2.42.